The molecule has 2 N–H and O–H groups in total. The summed E-state index contributed by atoms with van der Waals surface area (Å²) in [5.74, 6) is 0.327. The first kappa shape index (κ1) is 15.7. The van der Waals surface area contributed by atoms with Crippen molar-refractivity contribution < 1.29 is 4.79 Å². The molecule has 2 rings (SSSR count). The number of aromatic nitrogens is 2. The van der Waals surface area contributed by atoms with Crippen LogP contribution < -0.4 is 10.6 Å². The van der Waals surface area contributed by atoms with Crippen LogP contribution in [0.1, 0.15) is 23.8 Å². The van der Waals surface area contributed by atoms with Gasteiger partial charge in [0.15, 0.2) is 5.69 Å². The summed E-state index contributed by atoms with van der Waals surface area (Å²) in [7, 11) is 0. The van der Waals surface area contributed by atoms with Crippen LogP contribution in [0.3, 0.4) is 0 Å². The molecule has 110 valence electrons. The van der Waals surface area contributed by atoms with E-state index in [4.69, 9.17) is 11.6 Å². The van der Waals surface area contributed by atoms with Gasteiger partial charge < -0.3 is 10.6 Å². The van der Waals surface area contributed by atoms with Gasteiger partial charge in [-0.3, -0.25) is 4.79 Å². The number of hydrogen-bond acceptors (Lipinski definition) is 4. The Hall–Kier alpha value is -1.66. The Bertz CT molecular complexity index is 633. The molecule has 0 fully saturated rings. The second-order valence-corrected chi connectivity index (χ2v) is 5.60. The third kappa shape index (κ3) is 4.41. The Balaban J connectivity index is 2.06. The van der Waals surface area contributed by atoms with Crippen LogP contribution in [-0.4, -0.2) is 22.6 Å². The van der Waals surface area contributed by atoms with Crippen molar-refractivity contribution >= 4 is 44.9 Å². The van der Waals surface area contributed by atoms with E-state index in [1.165, 1.54) is 0 Å². The van der Waals surface area contributed by atoms with Crippen molar-refractivity contribution in [3.05, 3.63) is 45.5 Å². The van der Waals surface area contributed by atoms with Crippen molar-refractivity contribution in [1.29, 1.82) is 0 Å². The lowest BCUT2D eigenvalue weighted by Gasteiger charge is -2.07. The lowest BCUT2D eigenvalue weighted by molar-refractivity contribution is 0.102. The normalized spacial score (nSPS) is 10.2. The van der Waals surface area contributed by atoms with Gasteiger partial charge in [-0.25, -0.2) is 0 Å². The first-order chi connectivity index (χ1) is 10.1. The number of nitrogens with one attached hydrogen (secondary N) is 2. The van der Waals surface area contributed by atoms with Crippen LogP contribution in [0.2, 0.25) is 5.02 Å². The molecule has 21 heavy (non-hydrogen) atoms. The second kappa shape index (κ2) is 7.38. The van der Waals surface area contributed by atoms with Gasteiger partial charge in [-0.05, 0) is 52.7 Å². The van der Waals surface area contributed by atoms with Gasteiger partial charge in [0.1, 0.15) is 5.82 Å². The molecule has 1 aromatic carbocycles. The lowest BCUT2D eigenvalue weighted by Crippen LogP contribution is -2.15. The van der Waals surface area contributed by atoms with Gasteiger partial charge in [-0.2, -0.15) is 0 Å². The van der Waals surface area contributed by atoms with Gasteiger partial charge >= 0.3 is 0 Å². The summed E-state index contributed by atoms with van der Waals surface area (Å²) in [4.78, 5) is 12.1. The molecule has 0 aliphatic rings. The minimum atomic E-state index is -0.326. The van der Waals surface area contributed by atoms with E-state index < -0.39 is 0 Å². The molecule has 0 saturated heterocycles. The molecule has 0 spiro atoms. The fraction of sp³-hybridized carbons (Fsp3) is 0.214. The van der Waals surface area contributed by atoms with Crippen molar-refractivity contribution in [2.24, 2.45) is 0 Å². The van der Waals surface area contributed by atoms with Gasteiger partial charge in [0.05, 0.1) is 5.69 Å². The number of nitrogens with zero attached hydrogens (tertiary/aromatic N) is 2. The second-order valence-electron chi connectivity index (χ2n) is 4.31. The third-order valence-electron chi connectivity index (χ3n) is 2.63. The fourth-order valence-corrected chi connectivity index (χ4v) is 2.36. The molecule has 0 bridgehead atoms. The highest BCUT2D eigenvalue weighted by molar-refractivity contribution is 9.10. The Labute approximate surface area is 136 Å². The molecule has 0 radical (unpaired) electrons. The van der Waals surface area contributed by atoms with Crippen molar-refractivity contribution in [3.8, 4) is 0 Å². The maximum Gasteiger partial charge on any atom is 0.276 e. The van der Waals surface area contributed by atoms with Gasteiger partial charge in [-0.15, -0.1) is 10.2 Å². The van der Waals surface area contributed by atoms with Crippen LogP contribution in [-0.2, 0) is 0 Å². The van der Waals surface area contributed by atoms with E-state index in [2.05, 4.69) is 43.7 Å². The molecule has 7 heteroatoms. The lowest BCUT2D eigenvalue weighted by atomic mass is 10.3. The zero-order chi connectivity index (χ0) is 15.2. The molecule has 1 aromatic heterocycles. The summed E-state index contributed by atoms with van der Waals surface area (Å²) >= 11 is 9.20. The number of carbonyl (C=O) groups excluding carboxylic acids is 1. The first-order valence-electron chi connectivity index (χ1n) is 6.44. The topological polar surface area (TPSA) is 66.9 Å². The predicted molar refractivity (Wildman–Crippen MR) is 87.9 cm³/mol. The van der Waals surface area contributed by atoms with Crippen LogP contribution in [0.15, 0.2) is 34.8 Å². The van der Waals surface area contributed by atoms with Gasteiger partial charge in [0.2, 0.25) is 0 Å². The summed E-state index contributed by atoms with van der Waals surface area (Å²) in [6.45, 7) is 2.88. The van der Waals surface area contributed by atoms with E-state index in [0.29, 0.717) is 21.0 Å². The summed E-state index contributed by atoms with van der Waals surface area (Å²) in [5.41, 5.74) is 0.873. The number of amides is 1. The minimum Gasteiger partial charge on any atom is -0.369 e. The molecular weight excluding hydrogens is 356 g/mol. The van der Waals surface area contributed by atoms with Crippen LogP contribution in [0.5, 0.6) is 0 Å². The van der Waals surface area contributed by atoms with Gasteiger partial charge in [-0.1, -0.05) is 18.5 Å². The average Bonchev–Trinajstić information content (AvgIpc) is 2.48. The molecule has 0 unspecified atom stereocenters. The number of rotatable bonds is 5. The fourth-order valence-electron chi connectivity index (χ4n) is 1.58. The van der Waals surface area contributed by atoms with Crippen molar-refractivity contribution in [3.63, 3.8) is 0 Å². The largest absolute Gasteiger partial charge is 0.369 e. The van der Waals surface area contributed by atoms with E-state index in [1.54, 1.807) is 30.3 Å². The first-order valence-corrected chi connectivity index (χ1v) is 7.61. The van der Waals surface area contributed by atoms with E-state index in [9.17, 15) is 4.79 Å². The molecule has 2 aromatic rings. The van der Waals surface area contributed by atoms with Crippen LogP contribution in [0.4, 0.5) is 11.5 Å². The molecule has 1 amide bonds. The van der Waals surface area contributed by atoms with Crippen molar-refractivity contribution in [2.75, 3.05) is 17.2 Å². The molecule has 0 aliphatic carbocycles. The molecule has 5 nitrogen and oxygen atoms in total. The van der Waals surface area contributed by atoms with Crippen LogP contribution in [0, 0.1) is 0 Å². The molecule has 0 saturated carbocycles. The van der Waals surface area contributed by atoms with E-state index in [-0.39, 0.29) is 11.6 Å². The highest BCUT2D eigenvalue weighted by Gasteiger charge is 2.10. The number of halogens is 2. The SMILES string of the molecule is CCCNc1ccc(C(=O)Nc2ccc(Cl)cc2Br)nn1. The molecular formula is C14H14BrClN4O. The quantitative estimate of drug-likeness (QED) is 0.837. The number of anilines is 2. The summed E-state index contributed by atoms with van der Waals surface area (Å²) in [6, 6.07) is 8.49. The third-order valence-corrected chi connectivity index (χ3v) is 3.52. The monoisotopic (exact) mass is 368 g/mol. The average molecular weight is 370 g/mol. The van der Waals surface area contributed by atoms with Crippen LogP contribution >= 0.6 is 27.5 Å². The van der Waals surface area contributed by atoms with E-state index in [1.807, 2.05) is 0 Å². The zero-order valence-electron chi connectivity index (χ0n) is 11.4. The highest BCUT2D eigenvalue weighted by atomic mass is 79.9. The zero-order valence-corrected chi connectivity index (χ0v) is 13.7. The van der Waals surface area contributed by atoms with E-state index >= 15 is 0 Å². The molecule has 0 aliphatic heterocycles. The molecule has 1 heterocycles. The number of benzene rings is 1. The highest BCUT2D eigenvalue weighted by Crippen LogP contribution is 2.26. The predicted octanol–water partition coefficient (Wildman–Crippen LogP) is 3.97. The number of carbonyl (C=O) groups is 1. The Morgan fingerprint density at radius 1 is 1.29 bits per heavy atom. The minimum absolute atomic E-state index is 0.249. The maximum absolute atomic E-state index is 12.1. The Morgan fingerprint density at radius 3 is 2.71 bits per heavy atom. The van der Waals surface area contributed by atoms with Crippen molar-refractivity contribution in [1.82, 2.24) is 10.2 Å². The number of hydrogen-bond donors (Lipinski definition) is 2. The van der Waals surface area contributed by atoms with Crippen molar-refractivity contribution in [2.45, 2.75) is 13.3 Å². The van der Waals surface area contributed by atoms with Gasteiger partial charge in [0, 0.05) is 16.0 Å². The van der Waals surface area contributed by atoms with Crippen LogP contribution in [0.25, 0.3) is 0 Å². The standard InChI is InChI=1S/C14H14BrClN4O/c1-2-7-17-13-6-5-12(19-20-13)14(21)18-11-4-3-9(16)8-10(11)15/h3-6,8H,2,7H2,1H3,(H,17,20)(H,18,21). The molecule has 0 atom stereocenters. The maximum atomic E-state index is 12.1. The Kier molecular flexibility index (Phi) is 5.52. The Morgan fingerprint density at radius 2 is 2.10 bits per heavy atom. The van der Waals surface area contributed by atoms with Gasteiger partial charge in [0.25, 0.3) is 5.91 Å². The smallest absolute Gasteiger partial charge is 0.276 e. The summed E-state index contributed by atoms with van der Waals surface area (Å²) in [6.07, 6.45) is 0.995. The van der Waals surface area contributed by atoms with E-state index in [0.717, 1.165) is 13.0 Å². The summed E-state index contributed by atoms with van der Waals surface area (Å²) in [5, 5.41) is 14.3. The summed E-state index contributed by atoms with van der Waals surface area (Å²) < 4.78 is 0.706.